The van der Waals surface area contributed by atoms with E-state index in [1.54, 1.807) is 23.9 Å². The van der Waals surface area contributed by atoms with Crippen LogP contribution < -0.4 is 4.72 Å². The number of benzene rings is 1. The molecule has 0 fully saturated rings. The normalized spacial score (nSPS) is 13.6. The zero-order chi connectivity index (χ0) is 13.8. The SMILES string of the molecule is CSCC(C)NS(=O)(=O)c1cc(CO)ccc1Br. The van der Waals surface area contributed by atoms with E-state index >= 15 is 0 Å². The summed E-state index contributed by atoms with van der Waals surface area (Å²) in [5, 5.41) is 9.05. The van der Waals surface area contributed by atoms with Crippen LogP contribution in [0.3, 0.4) is 0 Å². The second-order valence-electron chi connectivity index (χ2n) is 3.90. The van der Waals surface area contributed by atoms with Crippen molar-refractivity contribution in [3.05, 3.63) is 28.2 Å². The summed E-state index contributed by atoms with van der Waals surface area (Å²) in [6.45, 7) is 1.63. The highest BCUT2D eigenvalue weighted by molar-refractivity contribution is 9.10. The van der Waals surface area contributed by atoms with Crippen molar-refractivity contribution in [3.63, 3.8) is 0 Å². The molecule has 18 heavy (non-hydrogen) atoms. The van der Waals surface area contributed by atoms with Gasteiger partial charge in [-0.2, -0.15) is 11.8 Å². The summed E-state index contributed by atoms with van der Waals surface area (Å²) < 4.78 is 27.4. The highest BCUT2D eigenvalue weighted by Crippen LogP contribution is 2.23. The average molecular weight is 354 g/mol. The van der Waals surface area contributed by atoms with Gasteiger partial charge in [0, 0.05) is 16.3 Å². The molecule has 1 aromatic carbocycles. The van der Waals surface area contributed by atoms with Crippen molar-refractivity contribution in [1.82, 2.24) is 4.72 Å². The van der Waals surface area contributed by atoms with Crippen LogP contribution in [0.2, 0.25) is 0 Å². The lowest BCUT2D eigenvalue weighted by molar-refractivity contribution is 0.281. The molecule has 0 amide bonds. The van der Waals surface area contributed by atoms with Gasteiger partial charge in [0.15, 0.2) is 0 Å². The summed E-state index contributed by atoms with van der Waals surface area (Å²) in [7, 11) is -3.57. The zero-order valence-corrected chi connectivity index (χ0v) is 13.4. The Labute approximate surface area is 120 Å². The maximum absolute atomic E-state index is 12.2. The van der Waals surface area contributed by atoms with Gasteiger partial charge in [0.2, 0.25) is 10.0 Å². The lowest BCUT2D eigenvalue weighted by atomic mass is 10.2. The Bertz CT molecular complexity index is 505. The van der Waals surface area contributed by atoms with E-state index in [1.165, 1.54) is 6.07 Å². The Hall–Kier alpha value is -0.0800. The number of thioether (sulfide) groups is 1. The molecule has 0 radical (unpaired) electrons. The molecular formula is C11H16BrNO3S2. The Morgan fingerprint density at radius 2 is 2.17 bits per heavy atom. The third kappa shape index (κ3) is 4.24. The van der Waals surface area contributed by atoms with Crippen LogP contribution in [0.4, 0.5) is 0 Å². The van der Waals surface area contributed by atoms with Gasteiger partial charge in [0.25, 0.3) is 0 Å². The van der Waals surface area contributed by atoms with Crippen LogP contribution in [-0.4, -0.2) is 31.6 Å². The zero-order valence-electron chi connectivity index (χ0n) is 10.2. The lowest BCUT2D eigenvalue weighted by Crippen LogP contribution is -2.34. The molecule has 0 bridgehead atoms. The molecule has 0 spiro atoms. The Morgan fingerprint density at radius 1 is 1.50 bits per heavy atom. The van der Waals surface area contributed by atoms with Crippen molar-refractivity contribution in [2.24, 2.45) is 0 Å². The van der Waals surface area contributed by atoms with Crippen LogP contribution >= 0.6 is 27.7 Å². The van der Waals surface area contributed by atoms with Crippen LogP contribution in [0.5, 0.6) is 0 Å². The molecule has 4 nitrogen and oxygen atoms in total. The molecule has 0 saturated carbocycles. The van der Waals surface area contributed by atoms with Gasteiger partial charge in [-0.15, -0.1) is 0 Å². The molecule has 7 heteroatoms. The topological polar surface area (TPSA) is 66.4 Å². The number of nitrogens with one attached hydrogen (secondary N) is 1. The largest absolute Gasteiger partial charge is 0.392 e. The molecule has 0 aromatic heterocycles. The van der Waals surface area contributed by atoms with E-state index < -0.39 is 10.0 Å². The minimum absolute atomic E-state index is 0.144. The van der Waals surface area contributed by atoms with E-state index in [4.69, 9.17) is 5.11 Å². The van der Waals surface area contributed by atoms with E-state index in [0.29, 0.717) is 15.8 Å². The quantitative estimate of drug-likeness (QED) is 0.820. The molecule has 1 unspecified atom stereocenters. The number of hydrogen-bond acceptors (Lipinski definition) is 4. The van der Waals surface area contributed by atoms with Crippen molar-refractivity contribution in [2.75, 3.05) is 12.0 Å². The second kappa shape index (κ2) is 6.91. The van der Waals surface area contributed by atoms with E-state index in [-0.39, 0.29) is 17.5 Å². The molecule has 1 atom stereocenters. The Kier molecular flexibility index (Phi) is 6.13. The summed E-state index contributed by atoms with van der Waals surface area (Å²) in [4.78, 5) is 0.155. The fourth-order valence-electron chi connectivity index (χ4n) is 1.46. The summed E-state index contributed by atoms with van der Waals surface area (Å²) in [6, 6.07) is 4.63. The van der Waals surface area contributed by atoms with E-state index in [0.717, 1.165) is 0 Å². The molecule has 2 N–H and O–H groups in total. The van der Waals surface area contributed by atoms with Gasteiger partial charge in [0.1, 0.15) is 0 Å². The predicted molar refractivity (Wildman–Crippen MR) is 78.2 cm³/mol. The molecule has 0 heterocycles. The monoisotopic (exact) mass is 353 g/mol. The van der Waals surface area contributed by atoms with Gasteiger partial charge in [-0.1, -0.05) is 6.07 Å². The van der Waals surface area contributed by atoms with E-state index in [9.17, 15) is 8.42 Å². The summed E-state index contributed by atoms with van der Waals surface area (Å²) in [6.07, 6.45) is 1.92. The molecule has 1 rings (SSSR count). The van der Waals surface area contributed by atoms with Crippen LogP contribution in [0.25, 0.3) is 0 Å². The fourth-order valence-corrected chi connectivity index (χ4v) is 4.41. The second-order valence-corrected chi connectivity index (χ2v) is 7.35. The van der Waals surface area contributed by atoms with Crippen LogP contribution in [0.1, 0.15) is 12.5 Å². The van der Waals surface area contributed by atoms with Crippen molar-refractivity contribution in [1.29, 1.82) is 0 Å². The fraction of sp³-hybridized carbons (Fsp3) is 0.455. The smallest absolute Gasteiger partial charge is 0.241 e. The highest BCUT2D eigenvalue weighted by Gasteiger charge is 2.20. The number of sulfonamides is 1. The molecule has 0 aliphatic rings. The van der Waals surface area contributed by atoms with Crippen molar-refractivity contribution in [3.8, 4) is 0 Å². The Balaban J connectivity index is 3.04. The van der Waals surface area contributed by atoms with E-state index in [2.05, 4.69) is 20.7 Å². The molecule has 0 aliphatic heterocycles. The van der Waals surface area contributed by atoms with Gasteiger partial charge >= 0.3 is 0 Å². The average Bonchev–Trinajstić information content (AvgIpc) is 2.29. The maximum atomic E-state index is 12.2. The van der Waals surface area contributed by atoms with E-state index in [1.807, 2.05) is 13.2 Å². The number of aliphatic hydroxyl groups is 1. The predicted octanol–water partition coefficient (Wildman–Crippen LogP) is 1.97. The van der Waals surface area contributed by atoms with Gasteiger partial charge in [0.05, 0.1) is 11.5 Å². The first-order valence-corrected chi connectivity index (χ1v) is 8.98. The van der Waals surface area contributed by atoms with Gasteiger partial charge < -0.3 is 5.11 Å². The third-order valence-corrected chi connectivity index (χ3v) is 5.66. The Morgan fingerprint density at radius 3 is 2.72 bits per heavy atom. The summed E-state index contributed by atoms with van der Waals surface area (Å²) >= 11 is 4.80. The standard InChI is InChI=1S/C11H16BrNO3S2/c1-8(7-17-2)13-18(15,16)11-5-9(6-14)3-4-10(11)12/h3-5,8,13-14H,6-7H2,1-2H3. The summed E-state index contributed by atoms with van der Waals surface area (Å²) in [5.41, 5.74) is 0.566. The number of aliphatic hydroxyl groups excluding tert-OH is 1. The molecule has 1 aromatic rings. The minimum Gasteiger partial charge on any atom is -0.392 e. The minimum atomic E-state index is -3.57. The summed E-state index contributed by atoms with van der Waals surface area (Å²) in [5.74, 6) is 0.705. The lowest BCUT2D eigenvalue weighted by Gasteiger charge is -2.14. The maximum Gasteiger partial charge on any atom is 0.241 e. The first-order valence-electron chi connectivity index (χ1n) is 5.31. The molecular weight excluding hydrogens is 338 g/mol. The third-order valence-electron chi connectivity index (χ3n) is 2.24. The van der Waals surface area contributed by atoms with Crippen LogP contribution in [0, 0.1) is 0 Å². The highest BCUT2D eigenvalue weighted by atomic mass is 79.9. The van der Waals surface area contributed by atoms with Crippen molar-refractivity contribution < 1.29 is 13.5 Å². The molecule has 0 saturated heterocycles. The van der Waals surface area contributed by atoms with Gasteiger partial charge in [-0.05, 0) is 46.8 Å². The van der Waals surface area contributed by atoms with Gasteiger partial charge in [-0.25, -0.2) is 13.1 Å². The van der Waals surface area contributed by atoms with Gasteiger partial charge in [-0.3, -0.25) is 0 Å². The van der Waals surface area contributed by atoms with Crippen molar-refractivity contribution >= 4 is 37.7 Å². The number of hydrogen-bond donors (Lipinski definition) is 2. The number of rotatable bonds is 6. The van der Waals surface area contributed by atoms with Crippen molar-refractivity contribution in [2.45, 2.75) is 24.5 Å². The van der Waals surface area contributed by atoms with Crippen LogP contribution in [-0.2, 0) is 16.6 Å². The van der Waals surface area contributed by atoms with Crippen LogP contribution in [0.15, 0.2) is 27.6 Å². The first kappa shape index (κ1) is 16.0. The molecule has 0 aliphatic carbocycles. The first-order chi connectivity index (χ1) is 8.40. The molecule has 102 valence electrons. The number of halogens is 1.